The minimum Gasteiger partial charge on any atom is -0.462 e. The summed E-state index contributed by atoms with van der Waals surface area (Å²) in [7, 11) is 0. The summed E-state index contributed by atoms with van der Waals surface area (Å²) in [5.74, 6) is 0.0870. The largest absolute Gasteiger partial charge is 0.462 e. The van der Waals surface area contributed by atoms with Crippen LogP contribution >= 0.6 is 0 Å². The molecule has 0 aromatic rings. The molecule has 2 saturated heterocycles. The molecule has 0 saturated carbocycles. The van der Waals surface area contributed by atoms with Crippen molar-refractivity contribution in [2.45, 2.75) is 110 Å². The van der Waals surface area contributed by atoms with Gasteiger partial charge in [0.05, 0.1) is 5.41 Å². The van der Waals surface area contributed by atoms with Crippen molar-refractivity contribution in [2.24, 2.45) is 5.41 Å². The number of hydrogen-bond donors (Lipinski definition) is 1. The van der Waals surface area contributed by atoms with Gasteiger partial charge in [0.1, 0.15) is 6.10 Å². The molecule has 0 aromatic carbocycles. The van der Waals surface area contributed by atoms with Crippen LogP contribution in [0.4, 0.5) is 0 Å². The molecule has 2 aliphatic heterocycles. The van der Waals surface area contributed by atoms with Crippen molar-refractivity contribution in [2.75, 3.05) is 6.54 Å². The third kappa shape index (κ3) is 5.21. The number of nitrogens with zero attached hydrogens (tertiary/aromatic N) is 1. The molecule has 2 fully saturated rings. The maximum Gasteiger partial charge on any atom is 0.311 e. The van der Waals surface area contributed by atoms with Crippen molar-refractivity contribution in [1.82, 2.24) is 10.2 Å². The van der Waals surface area contributed by atoms with Crippen LogP contribution in [0.3, 0.4) is 0 Å². The molecule has 2 aliphatic rings. The van der Waals surface area contributed by atoms with E-state index in [1.165, 1.54) is 0 Å². The Hall–Kier alpha value is -1.10. The first kappa shape index (κ1) is 21.2. The van der Waals surface area contributed by atoms with Gasteiger partial charge in [-0.1, -0.05) is 6.92 Å². The van der Waals surface area contributed by atoms with E-state index in [-0.39, 0.29) is 35.1 Å². The SMILES string of the molecule is CCC(CC(C)(C)C(=O)OC1CC(C)(C)NC(C)(C)C1)N1CCCC1=O. The second-order valence-electron chi connectivity index (χ2n) is 10.2. The van der Waals surface area contributed by atoms with E-state index in [9.17, 15) is 9.59 Å². The summed E-state index contributed by atoms with van der Waals surface area (Å²) in [4.78, 5) is 27.0. The maximum absolute atomic E-state index is 13.0. The summed E-state index contributed by atoms with van der Waals surface area (Å²) < 4.78 is 5.98. The van der Waals surface area contributed by atoms with Crippen LogP contribution in [-0.4, -0.2) is 46.5 Å². The van der Waals surface area contributed by atoms with Crippen LogP contribution in [0.25, 0.3) is 0 Å². The Balaban J connectivity index is 2.01. The lowest BCUT2D eigenvalue weighted by atomic mass is 9.80. The number of carbonyl (C=O) groups is 2. The van der Waals surface area contributed by atoms with Crippen LogP contribution < -0.4 is 5.32 Å². The number of piperidine rings is 1. The van der Waals surface area contributed by atoms with E-state index >= 15 is 0 Å². The highest BCUT2D eigenvalue weighted by molar-refractivity contribution is 5.79. The van der Waals surface area contributed by atoms with Gasteiger partial charge < -0.3 is 15.0 Å². The molecule has 2 rings (SSSR count). The normalized spacial score (nSPS) is 24.6. The van der Waals surface area contributed by atoms with E-state index in [1.807, 2.05) is 18.7 Å². The molecule has 1 unspecified atom stereocenters. The van der Waals surface area contributed by atoms with Gasteiger partial charge in [0.15, 0.2) is 0 Å². The fourth-order valence-electron chi connectivity index (χ4n) is 4.83. The summed E-state index contributed by atoms with van der Waals surface area (Å²) in [6.45, 7) is 15.5. The number of likely N-dealkylation sites (tertiary alicyclic amines) is 1. The number of ether oxygens (including phenoxy) is 1. The smallest absolute Gasteiger partial charge is 0.311 e. The van der Waals surface area contributed by atoms with Crippen molar-refractivity contribution >= 4 is 11.9 Å². The van der Waals surface area contributed by atoms with Gasteiger partial charge in [-0.15, -0.1) is 0 Å². The van der Waals surface area contributed by atoms with Gasteiger partial charge in [-0.05, 0) is 60.8 Å². The van der Waals surface area contributed by atoms with E-state index in [4.69, 9.17) is 4.74 Å². The third-order valence-corrected chi connectivity index (χ3v) is 5.75. The Labute approximate surface area is 159 Å². The van der Waals surface area contributed by atoms with Crippen LogP contribution in [0.15, 0.2) is 0 Å². The first-order valence-electron chi connectivity index (χ1n) is 10.2. The highest BCUT2D eigenvalue weighted by atomic mass is 16.5. The Kier molecular flexibility index (Phi) is 6.11. The minimum absolute atomic E-state index is 0.0508. The molecule has 26 heavy (non-hydrogen) atoms. The van der Waals surface area contributed by atoms with Gasteiger partial charge in [-0.2, -0.15) is 0 Å². The molecule has 0 radical (unpaired) electrons. The lowest BCUT2D eigenvalue weighted by Gasteiger charge is -2.46. The van der Waals surface area contributed by atoms with Crippen LogP contribution in [0.2, 0.25) is 0 Å². The number of amides is 1. The molecule has 150 valence electrons. The zero-order valence-corrected chi connectivity index (χ0v) is 17.8. The Bertz CT molecular complexity index is 523. The minimum atomic E-state index is -0.595. The lowest BCUT2D eigenvalue weighted by Crippen LogP contribution is -2.60. The van der Waals surface area contributed by atoms with Gasteiger partial charge in [-0.3, -0.25) is 9.59 Å². The molecule has 0 spiro atoms. The highest BCUT2D eigenvalue weighted by Gasteiger charge is 2.42. The van der Waals surface area contributed by atoms with Crippen molar-refractivity contribution in [1.29, 1.82) is 0 Å². The Morgan fingerprint density at radius 1 is 1.27 bits per heavy atom. The molecule has 5 heteroatoms. The van der Waals surface area contributed by atoms with Crippen molar-refractivity contribution in [3.05, 3.63) is 0 Å². The van der Waals surface area contributed by atoms with Crippen molar-refractivity contribution < 1.29 is 14.3 Å². The monoisotopic (exact) mass is 366 g/mol. The summed E-state index contributed by atoms with van der Waals surface area (Å²) in [6, 6.07) is 0.119. The number of rotatable bonds is 6. The van der Waals surface area contributed by atoms with E-state index in [2.05, 4.69) is 39.9 Å². The zero-order valence-electron chi connectivity index (χ0n) is 17.8. The molecule has 1 atom stereocenters. The first-order valence-corrected chi connectivity index (χ1v) is 10.2. The summed E-state index contributed by atoms with van der Waals surface area (Å²) in [6.07, 6.45) is 4.67. The standard InChI is InChI=1S/C21H38N2O3/c1-8-15(23-11-9-10-17(23)24)12-19(2,3)18(25)26-16-13-20(4,5)22-21(6,7)14-16/h15-16,22H,8-14H2,1-7H3. The van der Waals surface area contributed by atoms with Crippen LogP contribution in [0.1, 0.15) is 87.0 Å². The summed E-state index contributed by atoms with van der Waals surface area (Å²) in [5.41, 5.74) is -0.696. The number of hydrogen-bond acceptors (Lipinski definition) is 4. The third-order valence-electron chi connectivity index (χ3n) is 5.75. The van der Waals surface area contributed by atoms with Crippen molar-refractivity contribution in [3.8, 4) is 0 Å². The zero-order chi connectivity index (χ0) is 19.8. The van der Waals surface area contributed by atoms with Gasteiger partial charge >= 0.3 is 5.97 Å². The van der Waals surface area contributed by atoms with E-state index < -0.39 is 5.41 Å². The molecular formula is C21H38N2O3. The van der Waals surface area contributed by atoms with Crippen LogP contribution in [-0.2, 0) is 14.3 Å². The first-order chi connectivity index (χ1) is 11.9. The molecule has 5 nitrogen and oxygen atoms in total. The fourth-order valence-corrected chi connectivity index (χ4v) is 4.83. The van der Waals surface area contributed by atoms with Gasteiger partial charge in [0.2, 0.25) is 5.91 Å². The highest BCUT2D eigenvalue weighted by Crippen LogP contribution is 2.34. The van der Waals surface area contributed by atoms with Gasteiger partial charge in [0, 0.05) is 42.9 Å². The fraction of sp³-hybridized carbons (Fsp3) is 0.905. The van der Waals surface area contributed by atoms with Crippen LogP contribution in [0, 0.1) is 5.41 Å². The Morgan fingerprint density at radius 3 is 2.31 bits per heavy atom. The molecule has 0 aromatic heterocycles. The van der Waals surface area contributed by atoms with E-state index in [1.54, 1.807) is 0 Å². The van der Waals surface area contributed by atoms with Crippen molar-refractivity contribution in [3.63, 3.8) is 0 Å². The molecule has 0 bridgehead atoms. The quantitative estimate of drug-likeness (QED) is 0.729. The number of esters is 1. The van der Waals surface area contributed by atoms with E-state index in [0.717, 1.165) is 32.2 Å². The molecule has 1 N–H and O–H groups in total. The Morgan fingerprint density at radius 2 is 1.85 bits per heavy atom. The average molecular weight is 367 g/mol. The van der Waals surface area contributed by atoms with Gasteiger partial charge in [-0.25, -0.2) is 0 Å². The molecule has 2 heterocycles. The topological polar surface area (TPSA) is 58.6 Å². The average Bonchev–Trinajstić information content (AvgIpc) is 2.87. The van der Waals surface area contributed by atoms with Crippen LogP contribution in [0.5, 0.6) is 0 Å². The van der Waals surface area contributed by atoms with Gasteiger partial charge in [0.25, 0.3) is 0 Å². The maximum atomic E-state index is 13.0. The molecule has 0 aliphatic carbocycles. The predicted molar refractivity (Wildman–Crippen MR) is 104 cm³/mol. The second-order valence-corrected chi connectivity index (χ2v) is 10.2. The summed E-state index contributed by atoms with van der Waals surface area (Å²) >= 11 is 0. The second kappa shape index (κ2) is 7.49. The molecular weight excluding hydrogens is 328 g/mol. The van der Waals surface area contributed by atoms with E-state index in [0.29, 0.717) is 12.8 Å². The molecule has 1 amide bonds. The predicted octanol–water partition coefficient (Wildman–Crippen LogP) is 3.66. The lowest BCUT2D eigenvalue weighted by molar-refractivity contribution is -0.165. The number of nitrogens with one attached hydrogen (secondary N) is 1. The summed E-state index contributed by atoms with van der Waals surface area (Å²) in [5, 5.41) is 3.62. The number of carbonyl (C=O) groups excluding carboxylic acids is 2.